The Balaban J connectivity index is 2.76. The Labute approximate surface area is 119 Å². The zero-order valence-corrected chi connectivity index (χ0v) is 12.3. The molecular formula is C14H20N2O2S. The molecule has 0 saturated carbocycles. The fourth-order valence-electron chi connectivity index (χ4n) is 1.67. The van der Waals surface area contributed by atoms with Crippen LogP contribution in [0.2, 0.25) is 0 Å². The van der Waals surface area contributed by atoms with Crippen molar-refractivity contribution in [3.05, 3.63) is 29.8 Å². The first-order valence-corrected chi connectivity index (χ1v) is 6.56. The van der Waals surface area contributed by atoms with Gasteiger partial charge in [0.2, 0.25) is 5.91 Å². The van der Waals surface area contributed by atoms with Gasteiger partial charge >= 0.3 is 0 Å². The van der Waals surface area contributed by atoms with Gasteiger partial charge in [0.15, 0.2) is 0 Å². The van der Waals surface area contributed by atoms with Crippen molar-refractivity contribution in [2.24, 2.45) is 11.1 Å². The first-order chi connectivity index (χ1) is 8.95. The Morgan fingerprint density at radius 3 is 2.63 bits per heavy atom. The van der Waals surface area contributed by atoms with Gasteiger partial charge in [0, 0.05) is 12.1 Å². The summed E-state index contributed by atoms with van der Waals surface area (Å²) in [7, 11) is 1.60. The number of nitrogens with one attached hydrogen (secondary N) is 1. The number of ether oxygens (including phenoxy) is 1. The molecule has 3 N–H and O–H groups in total. The number of amides is 1. The van der Waals surface area contributed by atoms with Gasteiger partial charge < -0.3 is 15.8 Å². The predicted octanol–water partition coefficient (Wildman–Crippen LogP) is 2.01. The van der Waals surface area contributed by atoms with Gasteiger partial charge in [0.1, 0.15) is 5.75 Å². The van der Waals surface area contributed by atoms with Crippen molar-refractivity contribution in [3.8, 4) is 5.75 Å². The van der Waals surface area contributed by atoms with Gasteiger partial charge in [-0.3, -0.25) is 4.79 Å². The molecule has 0 aliphatic carbocycles. The van der Waals surface area contributed by atoms with Crippen LogP contribution in [-0.4, -0.2) is 18.0 Å². The van der Waals surface area contributed by atoms with Gasteiger partial charge in [-0.25, -0.2) is 0 Å². The molecule has 4 nitrogen and oxygen atoms in total. The van der Waals surface area contributed by atoms with Gasteiger partial charge in [-0.15, -0.1) is 0 Å². The molecule has 0 aliphatic rings. The number of thiocarbonyl (C=S) groups is 1. The molecule has 5 heteroatoms. The third kappa shape index (κ3) is 3.44. The smallest absolute Gasteiger partial charge is 0.233 e. The summed E-state index contributed by atoms with van der Waals surface area (Å²) in [6.07, 6.45) is 0.570. The van der Waals surface area contributed by atoms with Gasteiger partial charge in [-0.2, -0.15) is 0 Å². The third-order valence-corrected chi connectivity index (χ3v) is 3.83. The number of methoxy groups -OCH3 is 1. The number of benzene rings is 1. The lowest BCUT2D eigenvalue weighted by atomic mass is 9.86. The van der Waals surface area contributed by atoms with E-state index in [1.165, 1.54) is 0 Å². The second-order valence-corrected chi connectivity index (χ2v) is 4.98. The number of nitrogens with two attached hydrogens (primary N) is 1. The molecule has 1 aromatic rings. The molecule has 1 aromatic carbocycles. The molecule has 0 saturated heterocycles. The van der Waals surface area contributed by atoms with Crippen LogP contribution in [0.15, 0.2) is 24.3 Å². The standard InChI is InChI=1S/C14H20N2O2S/c1-4-14(2,12(15)19)13(17)16-9-10-7-5-6-8-11(10)18-3/h5-8H,4,9H2,1-3H3,(H2,15,19)(H,16,17). The van der Waals surface area contributed by atoms with E-state index in [9.17, 15) is 4.79 Å². The molecule has 0 aromatic heterocycles. The van der Waals surface area contributed by atoms with E-state index in [4.69, 9.17) is 22.7 Å². The van der Waals surface area contributed by atoms with E-state index in [2.05, 4.69) is 5.32 Å². The molecule has 1 unspecified atom stereocenters. The zero-order valence-electron chi connectivity index (χ0n) is 11.5. The largest absolute Gasteiger partial charge is 0.496 e. The number of carbonyl (C=O) groups excluding carboxylic acids is 1. The average molecular weight is 280 g/mol. The number of hydrogen-bond acceptors (Lipinski definition) is 3. The Kier molecular flexibility index (Phi) is 5.30. The molecule has 19 heavy (non-hydrogen) atoms. The maximum atomic E-state index is 12.2. The zero-order chi connectivity index (χ0) is 14.5. The number of carbonyl (C=O) groups is 1. The van der Waals surface area contributed by atoms with Gasteiger partial charge in [0.05, 0.1) is 17.5 Å². The van der Waals surface area contributed by atoms with Gasteiger partial charge in [0.25, 0.3) is 0 Å². The highest BCUT2D eigenvalue weighted by Gasteiger charge is 2.34. The highest BCUT2D eigenvalue weighted by Crippen LogP contribution is 2.23. The minimum absolute atomic E-state index is 0.159. The average Bonchev–Trinajstić information content (AvgIpc) is 2.43. The number of para-hydroxylation sites is 1. The van der Waals surface area contributed by atoms with Crippen LogP contribution in [-0.2, 0) is 11.3 Å². The highest BCUT2D eigenvalue weighted by atomic mass is 32.1. The van der Waals surface area contributed by atoms with Crippen LogP contribution < -0.4 is 15.8 Å². The SMILES string of the molecule is CCC(C)(C(=O)NCc1ccccc1OC)C(N)=S. The summed E-state index contributed by atoms with van der Waals surface area (Å²) in [6, 6.07) is 7.54. The predicted molar refractivity (Wildman–Crippen MR) is 80.0 cm³/mol. The van der Waals surface area contributed by atoms with Crippen molar-refractivity contribution in [2.45, 2.75) is 26.8 Å². The van der Waals surface area contributed by atoms with Crippen LogP contribution in [0.25, 0.3) is 0 Å². The van der Waals surface area contributed by atoms with Crippen LogP contribution >= 0.6 is 12.2 Å². The first kappa shape index (κ1) is 15.4. The fraction of sp³-hybridized carbons (Fsp3) is 0.429. The summed E-state index contributed by atoms with van der Waals surface area (Å²) in [6.45, 7) is 4.04. The summed E-state index contributed by atoms with van der Waals surface area (Å²) < 4.78 is 5.24. The van der Waals surface area contributed by atoms with Crippen LogP contribution in [0.5, 0.6) is 5.75 Å². The summed E-state index contributed by atoms with van der Waals surface area (Å²) >= 11 is 4.98. The van der Waals surface area contributed by atoms with Crippen molar-refractivity contribution in [2.75, 3.05) is 7.11 Å². The Morgan fingerprint density at radius 2 is 2.11 bits per heavy atom. The van der Waals surface area contributed by atoms with Gasteiger partial charge in [-0.05, 0) is 19.4 Å². The van der Waals surface area contributed by atoms with Crippen molar-refractivity contribution in [3.63, 3.8) is 0 Å². The Hall–Kier alpha value is -1.62. The van der Waals surface area contributed by atoms with Crippen molar-refractivity contribution in [1.29, 1.82) is 0 Å². The van der Waals surface area contributed by atoms with Crippen LogP contribution in [0.1, 0.15) is 25.8 Å². The Bertz CT molecular complexity index is 476. The van der Waals surface area contributed by atoms with E-state index in [0.717, 1.165) is 11.3 Å². The summed E-state index contributed by atoms with van der Waals surface area (Å²) in [5.41, 5.74) is 5.76. The molecular weight excluding hydrogens is 260 g/mol. The van der Waals surface area contributed by atoms with E-state index >= 15 is 0 Å². The number of hydrogen-bond donors (Lipinski definition) is 2. The molecule has 1 rings (SSSR count). The van der Waals surface area contributed by atoms with Gasteiger partial charge in [-0.1, -0.05) is 37.3 Å². The molecule has 0 spiro atoms. The van der Waals surface area contributed by atoms with Crippen molar-refractivity contribution < 1.29 is 9.53 Å². The quantitative estimate of drug-likeness (QED) is 0.782. The third-order valence-electron chi connectivity index (χ3n) is 3.38. The molecule has 0 heterocycles. The molecule has 0 radical (unpaired) electrons. The van der Waals surface area contributed by atoms with Crippen LogP contribution in [0, 0.1) is 5.41 Å². The maximum absolute atomic E-state index is 12.2. The molecule has 0 aliphatic heterocycles. The van der Waals surface area contributed by atoms with Crippen molar-refractivity contribution >= 4 is 23.1 Å². The topological polar surface area (TPSA) is 64.3 Å². The lowest BCUT2D eigenvalue weighted by Crippen LogP contribution is -2.46. The normalized spacial score (nSPS) is 13.4. The molecule has 1 atom stereocenters. The molecule has 0 bridgehead atoms. The number of rotatable bonds is 6. The monoisotopic (exact) mass is 280 g/mol. The minimum atomic E-state index is -0.808. The molecule has 1 amide bonds. The maximum Gasteiger partial charge on any atom is 0.233 e. The van der Waals surface area contributed by atoms with E-state index in [1.807, 2.05) is 31.2 Å². The fourth-order valence-corrected chi connectivity index (χ4v) is 1.90. The highest BCUT2D eigenvalue weighted by molar-refractivity contribution is 7.80. The Morgan fingerprint density at radius 1 is 1.47 bits per heavy atom. The van der Waals surface area contributed by atoms with E-state index in [1.54, 1.807) is 14.0 Å². The summed E-state index contributed by atoms with van der Waals surface area (Å²) in [4.78, 5) is 12.4. The van der Waals surface area contributed by atoms with Crippen LogP contribution in [0.4, 0.5) is 0 Å². The second-order valence-electron chi connectivity index (χ2n) is 4.54. The molecule has 0 fully saturated rings. The van der Waals surface area contributed by atoms with E-state index < -0.39 is 5.41 Å². The van der Waals surface area contributed by atoms with E-state index in [0.29, 0.717) is 13.0 Å². The summed E-state index contributed by atoms with van der Waals surface area (Å²) in [5.74, 6) is 0.588. The molecule has 104 valence electrons. The second kappa shape index (κ2) is 6.52. The first-order valence-electron chi connectivity index (χ1n) is 6.15. The lowest BCUT2D eigenvalue weighted by Gasteiger charge is -2.25. The van der Waals surface area contributed by atoms with Crippen molar-refractivity contribution in [1.82, 2.24) is 5.32 Å². The van der Waals surface area contributed by atoms with Crippen LogP contribution in [0.3, 0.4) is 0 Å². The summed E-state index contributed by atoms with van der Waals surface area (Å²) in [5, 5.41) is 2.86. The minimum Gasteiger partial charge on any atom is -0.496 e. The van der Waals surface area contributed by atoms with E-state index in [-0.39, 0.29) is 10.9 Å². The lowest BCUT2D eigenvalue weighted by molar-refractivity contribution is -0.127.